The van der Waals surface area contributed by atoms with Gasteiger partial charge in [0.2, 0.25) is 6.79 Å². The Morgan fingerprint density at radius 3 is 2.48 bits per heavy atom. The first-order valence-corrected chi connectivity index (χ1v) is 9.26. The number of anilines is 3. The number of fused-ring (bicyclic) bond motifs is 1. The number of nitrogens with zero attached hydrogens (tertiary/aromatic N) is 2. The molecule has 0 saturated carbocycles. The lowest BCUT2D eigenvalue weighted by Crippen LogP contribution is -2.23. The quantitative estimate of drug-likeness (QED) is 0.670. The molecule has 0 radical (unpaired) electrons. The maximum Gasteiger partial charge on any atom is 0.270 e. The molecule has 0 fully saturated rings. The molecule has 0 aliphatic carbocycles. The molecule has 0 bridgehead atoms. The van der Waals surface area contributed by atoms with Gasteiger partial charge < -0.3 is 25.0 Å². The topological polar surface area (TPSA) is 75.7 Å². The molecule has 1 aliphatic rings. The van der Waals surface area contributed by atoms with Crippen LogP contribution < -0.4 is 25.0 Å². The van der Waals surface area contributed by atoms with Gasteiger partial charge in [-0.2, -0.15) is 0 Å². The van der Waals surface area contributed by atoms with Crippen LogP contribution in [0.15, 0.2) is 60.8 Å². The zero-order chi connectivity index (χ0) is 20.2. The normalized spacial score (nSPS) is 11.8. The third-order valence-corrected chi connectivity index (χ3v) is 4.56. The first-order chi connectivity index (χ1) is 14.1. The highest BCUT2D eigenvalue weighted by Crippen LogP contribution is 2.32. The van der Waals surface area contributed by atoms with E-state index in [1.807, 2.05) is 67.5 Å². The van der Waals surface area contributed by atoms with E-state index in [2.05, 4.69) is 15.6 Å². The highest BCUT2D eigenvalue weighted by molar-refractivity contribution is 5.92. The van der Waals surface area contributed by atoms with Crippen molar-refractivity contribution in [2.75, 3.05) is 31.1 Å². The fourth-order valence-corrected chi connectivity index (χ4v) is 2.94. The highest BCUT2D eigenvalue weighted by atomic mass is 16.7. The molecule has 0 saturated heterocycles. The lowest BCUT2D eigenvalue weighted by Gasteiger charge is -2.13. The summed E-state index contributed by atoms with van der Waals surface area (Å²) in [6.45, 7) is 0.616. The standard InChI is InChI=1S/C22H22N4O3/c1-26(2)18-7-4-16(5-8-18)25-17-6-9-19(23-13-17)22(27)24-12-15-3-10-20-21(11-15)29-14-28-20/h3-11,13,25H,12,14H2,1-2H3,(H,24,27). The van der Waals surface area contributed by atoms with Crippen molar-refractivity contribution in [3.8, 4) is 11.5 Å². The van der Waals surface area contributed by atoms with E-state index in [9.17, 15) is 4.79 Å². The molecule has 7 nitrogen and oxygen atoms in total. The summed E-state index contributed by atoms with van der Waals surface area (Å²) in [7, 11) is 4.01. The Morgan fingerprint density at radius 1 is 1.00 bits per heavy atom. The Bertz CT molecular complexity index is 1000. The SMILES string of the molecule is CN(C)c1ccc(Nc2ccc(C(=O)NCc3ccc4c(c3)OCO4)nc2)cc1. The van der Waals surface area contributed by atoms with Crippen molar-refractivity contribution in [2.24, 2.45) is 0 Å². The molecule has 2 aromatic carbocycles. The van der Waals surface area contributed by atoms with Gasteiger partial charge in [0.25, 0.3) is 5.91 Å². The minimum absolute atomic E-state index is 0.231. The summed E-state index contributed by atoms with van der Waals surface area (Å²) >= 11 is 0. The number of nitrogens with one attached hydrogen (secondary N) is 2. The molecule has 3 aromatic rings. The van der Waals surface area contributed by atoms with Crippen molar-refractivity contribution < 1.29 is 14.3 Å². The largest absolute Gasteiger partial charge is 0.454 e. The van der Waals surface area contributed by atoms with E-state index in [1.165, 1.54) is 0 Å². The van der Waals surface area contributed by atoms with Gasteiger partial charge in [0.05, 0.1) is 11.9 Å². The van der Waals surface area contributed by atoms with Gasteiger partial charge in [-0.25, -0.2) is 4.98 Å². The number of pyridine rings is 1. The second-order valence-electron chi connectivity index (χ2n) is 6.87. The summed E-state index contributed by atoms with van der Waals surface area (Å²) in [5, 5.41) is 6.15. The fourth-order valence-electron chi connectivity index (χ4n) is 2.94. The van der Waals surface area contributed by atoms with Crippen molar-refractivity contribution in [3.63, 3.8) is 0 Å². The van der Waals surface area contributed by atoms with Crippen LogP contribution in [0.3, 0.4) is 0 Å². The Hall–Kier alpha value is -3.74. The molecule has 0 unspecified atom stereocenters. The third-order valence-electron chi connectivity index (χ3n) is 4.56. The number of carbonyl (C=O) groups excluding carboxylic acids is 1. The second-order valence-corrected chi connectivity index (χ2v) is 6.87. The number of benzene rings is 2. The molecular formula is C22H22N4O3. The van der Waals surface area contributed by atoms with Gasteiger partial charge in [0, 0.05) is 32.0 Å². The van der Waals surface area contributed by atoms with Crippen LogP contribution in [0.4, 0.5) is 17.1 Å². The van der Waals surface area contributed by atoms with E-state index in [-0.39, 0.29) is 12.7 Å². The summed E-state index contributed by atoms with van der Waals surface area (Å²) in [4.78, 5) is 18.7. The predicted octanol–water partition coefficient (Wildman–Crippen LogP) is 3.55. The number of carbonyl (C=O) groups is 1. The second kappa shape index (κ2) is 8.10. The molecule has 1 aliphatic heterocycles. The van der Waals surface area contributed by atoms with Gasteiger partial charge >= 0.3 is 0 Å². The first kappa shape index (κ1) is 18.6. The van der Waals surface area contributed by atoms with Gasteiger partial charge in [-0.15, -0.1) is 0 Å². The summed E-state index contributed by atoms with van der Waals surface area (Å²) in [5.74, 6) is 1.19. The van der Waals surface area contributed by atoms with Crippen LogP contribution in [-0.4, -0.2) is 31.8 Å². The van der Waals surface area contributed by atoms with E-state index in [0.717, 1.165) is 28.4 Å². The molecule has 2 N–H and O–H groups in total. The summed E-state index contributed by atoms with van der Waals surface area (Å²) in [5.41, 5.74) is 4.19. The van der Waals surface area contributed by atoms with E-state index in [1.54, 1.807) is 12.3 Å². The van der Waals surface area contributed by atoms with Crippen LogP contribution in [0, 0.1) is 0 Å². The molecule has 2 heterocycles. The molecular weight excluding hydrogens is 368 g/mol. The molecule has 0 atom stereocenters. The Morgan fingerprint density at radius 2 is 1.76 bits per heavy atom. The van der Waals surface area contributed by atoms with Crippen LogP contribution in [0.25, 0.3) is 0 Å². The molecule has 7 heteroatoms. The summed E-state index contributed by atoms with van der Waals surface area (Å²) in [6.07, 6.45) is 1.65. The number of ether oxygens (including phenoxy) is 2. The maximum atomic E-state index is 12.4. The number of hydrogen-bond donors (Lipinski definition) is 2. The van der Waals surface area contributed by atoms with Crippen molar-refractivity contribution in [2.45, 2.75) is 6.54 Å². The number of rotatable bonds is 6. The van der Waals surface area contributed by atoms with E-state index >= 15 is 0 Å². The summed E-state index contributed by atoms with van der Waals surface area (Å²) in [6, 6.07) is 17.2. The molecule has 0 spiro atoms. The Kier molecular flexibility index (Phi) is 5.20. The average molecular weight is 390 g/mol. The van der Waals surface area contributed by atoms with Gasteiger partial charge in [0.15, 0.2) is 11.5 Å². The number of hydrogen-bond acceptors (Lipinski definition) is 6. The third kappa shape index (κ3) is 4.40. The van der Waals surface area contributed by atoms with E-state index < -0.39 is 0 Å². The zero-order valence-electron chi connectivity index (χ0n) is 16.3. The smallest absolute Gasteiger partial charge is 0.270 e. The molecule has 1 amide bonds. The maximum absolute atomic E-state index is 12.4. The van der Waals surface area contributed by atoms with Crippen LogP contribution in [0.5, 0.6) is 11.5 Å². The van der Waals surface area contributed by atoms with Crippen LogP contribution in [0.2, 0.25) is 0 Å². The average Bonchev–Trinajstić information content (AvgIpc) is 3.21. The highest BCUT2D eigenvalue weighted by Gasteiger charge is 2.14. The Labute approximate surface area is 169 Å². The molecule has 29 heavy (non-hydrogen) atoms. The van der Waals surface area contributed by atoms with E-state index in [4.69, 9.17) is 9.47 Å². The van der Waals surface area contributed by atoms with Gasteiger partial charge in [0.1, 0.15) is 5.69 Å². The molecule has 1 aromatic heterocycles. The van der Waals surface area contributed by atoms with Crippen molar-refractivity contribution in [1.82, 2.24) is 10.3 Å². The van der Waals surface area contributed by atoms with Crippen molar-refractivity contribution >= 4 is 23.0 Å². The Balaban J connectivity index is 1.34. The minimum Gasteiger partial charge on any atom is -0.454 e. The number of aromatic nitrogens is 1. The van der Waals surface area contributed by atoms with Crippen LogP contribution in [-0.2, 0) is 6.54 Å². The number of amides is 1. The van der Waals surface area contributed by atoms with Gasteiger partial charge in [-0.3, -0.25) is 4.79 Å². The lowest BCUT2D eigenvalue weighted by molar-refractivity contribution is 0.0946. The lowest BCUT2D eigenvalue weighted by atomic mass is 10.2. The first-order valence-electron chi connectivity index (χ1n) is 9.26. The molecule has 4 rings (SSSR count). The minimum atomic E-state index is -0.232. The predicted molar refractivity (Wildman–Crippen MR) is 112 cm³/mol. The van der Waals surface area contributed by atoms with E-state index in [0.29, 0.717) is 18.0 Å². The van der Waals surface area contributed by atoms with Crippen molar-refractivity contribution in [3.05, 3.63) is 72.1 Å². The monoisotopic (exact) mass is 390 g/mol. The fraction of sp³-hybridized carbons (Fsp3) is 0.182. The van der Waals surface area contributed by atoms with Gasteiger partial charge in [-0.1, -0.05) is 6.07 Å². The summed E-state index contributed by atoms with van der Waals surface area (Å²) < 4.78 is 10.6. The van der Waals surface area contributed by atoms with Crippen LogP contribution in [0.1, 0.15) is 16.1 Å². The van der Waals surface area contributed by atoms with Crippen molar-refractivity contribution in [1.29, 1.82) is 0 Å². The molecule has 148 valence electrons. The zero-order valence-corrected chi connectivity index (χ0v) is 16.3. The van der Waals surface area contributed by atoms with Crippen LogP contribution >= 0.6 is 0 Å². The van der Waals surface area contributed by atoms with Gasteiger partial charge in [-0.05, 0) is 54.1 Å².